The minimum absolute atomic E-state index is 0.0167. The molecule has 3 heterocycles. The van der Waals surface area contributed by atoms with Gasteiger partial charge in [-0.25, -0.2) is 13.1 Å². The van der Waals surface area contributed by atoms with E-state index in [9.17, 15) is 18.3 Å². The van der Waals surface area contributed by atoms with Gasteiger partial charge in [-0.3, -0.25) is 15.1 Å². The van der Waals surface area contributed by atoms with E-state index < -0.39 is 22.3 Å². The number of amides is 1. The van der Waals surface area contributed by atoms with E-state index in [0.717, 1.165) is 23.3 Å². The molecule has 6 N–H and O–H groups in total. The van der Waals surface area contributed by atoms with Crippen LogP contribution in [0.1, 0.15) is 34.6 Å². The van der Waals surface area contributed by atoms with Crippen molar-refractivity contribution in [2.24, 2.45) is 5.73 Å². The predicted octanol–water partition coefficient (Wildman–Crippen LogP) is 0.735. The van der Waals surface area contributed by atoms with E-state index in [2.05, 4.69) is 10.0 Å². The zero-order valence-corrected chi connectivity index (χ0v) is 20.3. The van der Waals surface area contributed by atoms with Crippen LogP contribution in [-0.4, -0.2) is 62.1 Å². The summed E-state index contributed by atoms with van der Waals surface area (Å²) in [7, 11) is -3.85. The van der Waals surface area contributed by atoms with Crippen LogP contribution >= 0.6 is 11.3 Å². The number of thiophene rings is 1. The number of nitrogens with zero attached hydrogens (tertiary/aromatic N) is 1. The molecular weight excluding hydrogens is 478 g/mol. The predicted molar refractivity (Wildman–Crippen MR) is 128 cm³/mol. The monoisotopic (exact) mass is 507 g/mol. The van der Waals surface area contributed by atoms with Crippen molar-refractivity contribution in [3.63, 3.8) is 0 Å². The first-order valence-corrected chi connectivity index (χ1v) is 13.4. The Hall–Kier alpha value is -2.51. The molecule has 184 valence electrons. The van der Waals surface area contributed by atoms with Crippen molar-refractivity contribution in [1.82, 2.24) is 14.9 Å². The summed E-state index contributed by atoms with van der Waals surface area (Å²) in [5.41, 5.74) is 6.32. The highest BCUT2D eigenvalue weighted by molar-refractivity contribution is 7.89. The summed E-state index contributed by atoms with van der Waals surface area (Å²) in [4.78, 5) is 15.8. The molecule has 2 aromatic rings. The molecule has 1 saturated heterocycles. The first kappa shape index (κ1) is 24.6. The number of likely N-dealkylation sites (tertiary alicyclic amines) is 1. The Morgan fingerprint density at radius 2 is 2.12 bits per heavy atom. The second-order valence-corrected chi connectivity index (χ2v) is 11.3. The van der Waals surface area contributed by atoms with Crippen molar-refractivity contribution in [2.45, 2.75) is 49.4 Å². The summed E-state index contributed by atoms with van der Waals surface area (Å²) in [6, 6.07) is 7.57. The van der Waals surface area contributed by atoms with Gasteiger partial charge in [0, 0.05) is 17.8 Å². The summed E-state index contributed by atoms with van der Waals surface area (Å²) in [6.45, 7) is 1.25. The minimum atomic E-state index is -3.85. The Balaban J connectivity index is 1.37. The zero-order valence-electron chi connectivity index (χ0n) is 18.6. The Bertz CT molecular complexity index is 1170. The number of aliphatic hydroxyl groups is 1. The number of nitrogen functional groups attached to an aromatic ring is 1. The highest BCUT2D eigenvalue weighted by Gasteiger charge is 2.33. The van der Waals surface area contributed by atoms with Gasteiger partial charge in [0.1, 0.15) is 17.8 Å². The van der Waals surface area contributed by atoms with Crippen LogP contribution in [0.4, 0.5) is 0 Å². The van der Waals surface area contributed by atoms with Gasteiger partial charge in [0.25, 0.3) is 0 Å². The number of rotatable bonds is 8. The van der Waals surface area contributed by atoms with E-state index in [1.165, 1.54) is 17.4 Å². The van der Waals surface area contributed by atoms with E-state index in [4.69, 9.17) is 15.9 Å². The molecule has 2 atom stereocenters. The molecule has 1 aromatic heterocycles. The Kier molecular flexibility index (Phi) is 7.53. The lowest BCUT2D eigenvalue weighted by atomic mass is 10.1. The molecular formula is C22H29N5O5S2. The molecule has 1 amide bonds. The van der Waals surface area contributed by atoms with Crippen molar-refractivity contribution in [3.05, 3.63) is 45.6 Å². The lowest BCUT2D eigenvalue weighted by molar-refractivity contribution is -0.125. The van der Waals surface area contributed by atoms with E-state index in [0.29, 0.717) is 43.2 Å². The number of carbonyl (C=O) groups excluding carboxylic acids is 1. The summed E-state index contributed by atoms with van der Waals surface area (Å²) < 4.78 is 34.1. The van der Waals surface area contributed by atoms with Gasteiger partial charge >= 0.3 is 0 Å². The van der Waals surface area contributed by atoms with Gasteiger partial charge in [0.05, 0.1) is 35.5 Å². The number of hydrogen-bond acceptors (Lipinski definition) is 8. The van der Waals surface area contributed by atoms with Gasteiger partial charge < -0.3 is 20.9 Å². The Labute approximate surface area is 202 Å². The smallest absolute Gasteiger partial charge is 0.240 e. The number of nitrogens with two attached hydrogens (primary N) is 1. The van der Waals surface area contributed by atoms with Crippen LogP contribution < -0.4 is 20.5 Å². The molecule has 12 heteroatoms. The third-order valence-corrected chi connectivity index (χ3v) is 8.56. The molecule has 0 aliphatic carbocycles. The second kappa shape index (κ2) is 10.4. The van der Waals surface area contributed by atoms with E-state index in [1.807, 2.05) is 0 Å². The van der Waals surface area contributed by atoms with Crippen molar-refractivity contribution in [3.8, 4) is 5.75 Å². The molecule has 1 aromatic carbocycles. The van der Waals surface area contributed by atoms with Gasteiger partial charge in [0.2, 0.25) is 15.9 Å². The van der Waals surface area contributed by atoms with Crippen LogP contribution in [0.2, 0.25) is 0 Å². The molecule has 2 aliphatic rings. The molecule has 0 bridgehead atoms. The topological polar surface area (TPSA) is 158 Å². The number of benzene rings is 1. The third kappa shape index (κ3) is 5.76. The second-order valence-electron chi connectivity index (χ2n) is 8.43. The number of fused-ring (bicyclic) bond motifs is 1. The quantitative estimate of drug-likeness (QED) is 0.260. The molecule has 4 rings (SSSR count). The average molecular weight is 508 g/mol. The van der Waals surface area contributed by atoms with Crippen molar-refractivity contribution in [2.75, 3.05) is 19.7 Å². The highest BCUT2D eigenvalue weighted by atomic mass is 32.2. The first-order valence-electron chi connectivity index (χ1n) is 11.1. The van der Waals surface area contributed by atoms with Gasteiger partial charge in [-0.2, -0.15) is 0 Å². The van der Waals surface area contributed by atoms with Crippen molar-refractivity contribution in [1.29, 1.82) is 5.41 Å². The highest BCUT2D eigenvalue weighted by Crippen LogP contribution is 2.28. The number of sulfonamides is 1. The molecule has 1 fully saturated rings. The summed E-state index contributed by atoms with van der Waals surface area (Å²) in [6.07, 6.45) is 1.46. The van der Waals surface area contributed by atoms with Gasteiger partial charge in [-0.15, -0.1) is 11.3 Å². The van der Waals surface area contributed by atoms with E-state index in [-0.39, 0.29) is 23.2 Å². The Morgan fingerprint density at radius 1 is 1.29 bits per heavy atom. The number of amidine groups is 1. The maximum Gasteiger partial charge on any atom is 0.240 e. The fraction of sp³-hybridized carbons (Fsp3) is 0.455. The van der Waals surface area contributed by atoms with Gasteiger partial charge in [-0.05, 0) is 48.7 Å². The van der Waals surface area contributed by atoms with Crippen LogP contribution in [0, 0.1) is 5.41 Å². The maximum absolute atomic E-state index is 13.0. The lowest BCUT2D eigenvalue weighted by Crippen LogP contribution is -2.52. The zero-order chi connectivity index (χ0) is 24.3. The number of hydrogen-bond donors (Lipinski definition) is 5. The molecule has 2 aliphatic heterocycles. The molecule has 0 radical (unpaired) electrons. The first-order chi connectivity index (χ1) is 16.2. The van der Waals surface area contributed by atoms with Crippen LogP contribution in [0.25, 0.3) is 0 Å². The van der Waals surface area contributed by atoms with E-state index >= 15 is 0 Å². The van der Waals surface area contributed by atoms with Gasteiger partial charge in [0.15, 0.2) is 0 Å². The maximum atomic E-state index is 13.0. The average Bonchev–Trinajstić information content (AvgIpc) is 3.44. The number of nitrogens with one attached hydrogen (secondary N) is 3. The lowest BCUT2D eigenvalue weighted by Gasteiger charge is -2.30. The van der Waals surface area contributed by atoms with Crippen LogP contribution in [0.5, 0.6) is 5.75 Å². The third-order valence-electron chi connectivity index (χ3n) is 5.96. The molecule has 10 nitrogen and oxygen atoms in total. The van der Waals surface area contributed by atoms with Crippen LogP contribution in [0.15, 0.2) is 35.2 Å². The molecule has 0 spiro atoms. The molecule has 0 saturated carbocycles. The fourth-order valence-corrected chi connectivity index (χ4v) is 6.28. The fourth-order valence-electron chi connectivity index (χ4n) is 4.15. The summed E-state index contributed by atoms with van der Waals surface area (Å²) in [5, 5.41) is 21.2. The largest absolute Gasteiger partial charge is 0.493 e. The minimum Gasteiger partial charge on any atom is -0.493 e. The van der Waals surface area contributed by atoms with E-state index in [1.54, 1.807) is 29.2 Å². The number of carbonyl (C=O) groups is 1. The number of aliphatic hydroxyl groups excluding tert-OH is 1. The van der Waals surface area contributed by atoms with Crippen molar-refractivity contribution >= 4 is 33.1 Å². The Morgan fingerprint density at radius 3 is 2.88 bits per heavy atom. The standard InChI is InChI=1S/C22H29N5O5S2/c23-21(24)19-7-4-15(33-19)12-25-20(28)13-27-9-2-1-3-17(22(27)29)26-34(30,31)16-5-6-18-14(11-16)8-10-32-18/h4-7,11,17,22,26,29H,1-3,8-10,12-13H2,(H3,23,24)(H,25,28)/t17-,22+/m1/s1. The van der Waals surface area contributed by atoms with Crippen LogP contribution in [-0.2, 0) is 27.8 Å². The summed E-state index contributed by atoms with van der Waals surface area (Å²) >= 11 is 1.33. The molecule has 0 unspecified atom stereocenters. The SMILES string of the molecule is N=C(N)c1ccc(CNC(=O)CN2CCCC[C@@H](NS(=O)(=O)c3ccc4c(c3)CCO4)[C@@H]2O)s1. The molecule has 34 heavy (non-hydrogen) atoms. The van der Waals surface area contributed by atoms with Crippen molar-refractivity contribution < 1.29 is 23.1 Å². The van der Waals surface area contributed by atoms with Gasteiger partial charge in [-0.1, -0.05) is 6.42 Å². The number of ether oxygens (including phenoxy) is 1. The summed E-state index contributed by atoms with van der Waals surface area (Å²) in [5.74, 6) is 0.404. The normalized spacial score (nSPS) is 20.9. The van der Waals surface area contributed by atoms with Crippen LogP contribution in [0.3, 0.4) is 0 Å².